The lowest BCUT2D eigenvalue weighted by molar-refractivity contribution is 0.319. The van der Waals surface area contributed by atoms with E-state index in [0.29, 0.717) is 0 Å². The first-order valence-corrected chi connectivity index (χ1v) is 7.22. The zero-order valence-corrected chi connectivity index (χ0v) is 11.3. The van der Waals surface area contributed by atoms with Gasteiger partial charge in [0, 0.05) is 13.1 Å². The van der Waals surface area contributed by atoms with E-state index in [1.54, 1.807) is 0 Å². The average molecular weight is 226 g/mol. The molecule has 0 aromatic carbocycles. The van der Waals surface area contributed by atoms with Crippen molar-refractivity contribution in [3.63, 3.8) is 0 Å². The van der Waals surface area contributed by atoms with E-state index in [0.717, 1.165) is 5.92 Å². The van der Waals surface area contributed by atoms with Crippen LogP contribution in [0.4, 0.5) is 0 Å². The Bertz CT molecular complexity index is 153. The summed E-state index contributed by atoms with van der Waals surface area (Å²) in [6.07, 6.45) is 9.90. The molecule has 0 amide bonds. The smallest absolute Gasteiger partial charge is 0.0104 e. The first kappa shape index (κ1) is 14.0. The average Bonchev–Trinajstić information content (AvgIpc) is 2.78. The summed E-state index contributed by atoms with van der Waals surface area (Å²) in [6.45, 7) is 7.15. The SMILES string of the molecule is CCCCCN(C)CCNCC1CCCC1. The van der Waals surface area contributed by atoms with Gasteiger partial charge in [-0.1, -0.05) is 32.6 Å². The van der Waals surface area contributed by atoms with Crippen LogP contribution < -0.4 is 5.32 Å². The van der Waals surface area contributed by atoms with Gasteiger partial charge in [-0.15, -0.1) is 0 Å². The van der Waals surface area contributed by atoms with E-state index in [1.807, 2.05) is 0 Å². The van der Waals surface area contributed by atoms with Gasteiger partial charge in [0.2, 0.25) is 0 Å². The molecule has 2 heteroatoms. The molecule has 0 heterocycles. The second kappa shape index (κ2) is 9.00. The van der Waals surface area contributed by atoms with E-state index in [4.69, 9.17) is 0 Å². The molecule has 16 heavy (non-hydrogen) atoms. The maximum absolute atomic E-state index is 3.61. The normalized spacial score (nSPS) is 17.4. The number of nitrogens with one attached hydrogen (secondary N) is 1. The molecule has 0 aliphatic heterocycles. The minimum atomic E-state index is 0.977. The topological polar surface area (TPSA) is 15.3 Å². The first-order chi connectivity index (χ1) is 7.83. The van der Waals surface area contributed by atoms with E-state index in [9.17, 15) is 0 Å². The van der Waals surface area contributed by atoms with Gasteiger partial charge in [-0.25, -0.2) is 0 Å². The number of likely N-dealkylation sites (N-methyl/N-ethyl adjacent to an activating group) is 1. The van der Waals surface area contributed by atoms with Crippen molar-refractivity contribution in [2.75, 3.05) is 33.2 Å². The van der Waals surface area contributed by atoms with Gasteiger partial charge in [0.15, 0.2) is 0 Å². The summed E-state index contributed by atoms with van der Waals surface area (Å²) in [5.41, 5.74) is 0. The van der Waals surface area contributed by atoms with Crippen LogP contribution in [-0.4, -0.2) is 38.1 Å². The van der Waals surface area contributed by atoms with Crippen molar-refractivity contribution in [2.24, 2.45) is 5.92 Å². The van der Waals surface area contributed by atoms with Gasteiger partial charge in [-0.2, -0.15) is 0 Å². The summed E-state index contributed by atoms with van der Waals surface area (Å²) in [7, 11) is 2.24. The van der Waals surface area contributed by atoms with Gasteiger partial charge in [0.05, 0.1) is 0 Å². The van der Waals surface area contributed by atoms with Crippen LogP contribution in [0.2, 0.25) is 0 Å². The van der Waals surface area contributed by atoms with Crippen molar-refractivity contribution in [1.82, 2.24) is 10.2 Å². The molecule has 1 saturated carbocycles. The van der Waals surface area contributed by atoms with Crippen LogP contribution >= 0.6 is 0 Å². The number of nitrogens with zero attached hydrogens (tertiary/aromatic N) is 1. The number of rotatable bonds is 9. The third-order valence-corrected chi connectivity index (χ3v) is 3.72. The molecule has 0 aromatic rings. The molecule has 0 spiro atoms. The summed E-state index contributed by atoms with van der Waals surface area (Å²) in [5.74, 6) is 0.977. The van der Waals surface area contributed by atoms with Crippen LogP contribution in [0.1, 0.15) is 51.9 Å². The highest BCUT2D eigenvalue weighted by Crippen LogP contribution is 2.23. The van der Waals surface area contributed by atoms with Gasteiger partial charge in [-0.05, 0) is 45.3 Å². The highest BCUT2D eigenvalue weighted by Gasteiger charge is 2.13. The van der Waals surface area contributed by atoms with Crippen molar-refractivity contribution in [3.8, 4) is 0 Å². The Kier molecular flexibility index (Phi) is 7.87. The molecule has 1 aliphatic rings. The third kappa shape index (κ3) is 6.49. The lowest BCUT2D eigenvalue weighted by atomic mass is 10.1. The second-order valence-corrected chi connectivity index (χ2v) is 5.36. The lowest BCUT2D eigenvalue weighted by Gasteiger charge is -2.17. The first-order valence-electron chi connectivity index (χ1n) is 7.22. The molecule has 1 N–H and O–H groups in total. The Labute approximate surface area is 102 Å². The molecule has 0 atom stereocenters. The summed E-state index contributed by atoms with van der Waals surface area (Å²) >= 11 is 0. The van der Waals surface area contributed by atoms with Crippen LogP contribution in [0, 0.1) is 5.92 Å². The highest BCUT2D eigenvalue weighted by molar-refractivity contribution is 4.69. The van der Waals surface area contributed by atoms with Gasteiger partial charge < -0.3 is 10.2 Å². The monoisotopic (exact) mass is 226 g/mol. The van der Waals surface area contributed by atoms with Crippen molar-refractivity contribution < 1.29 is 0 Å². The van der Waals surface area contributed by atoms with Crippen LogP contribution in [-0.2, 0) is 0 Å². The molecule has 1 rings (SSSR count). The fraction of sp³-hybridized carbons (Fsp3) is 1.00. The Morgan fingerprint density at radius 1 is 1.12 bits per heavy atom. The molecule has 1 fully saturated rings. The van der Waals surface area contributed by atoms with Gasteiger partial charge in [-0.3, -0.25) is 0 Å². The van der Waals surface area contributed by atoms with Crippen LogP contribution in [0.5, 0.6) is 0 Å². The fourth-order valence-electron chi connectivity index (χ4n) is 2.53. The highest BCUT2D eigenvalue weighted by atomic mass is 15.1. The molecule has 0 aromatic heterocycles. The zero-order valence-electron chi connectivity index (χ0n) is 11.3. The zero-order chi connectivity index (χ0) is 11.6. The van der Waals surface area contributed by atoms with Crippen molar-refractivity contribution >= 4 is 0 Å². The minimum Gasteiger partial charge on any atom is -0.315 e. The molecule has 2 nitrogen and oxygen atoms in total. The number of hydrogen-bond donors (Lipinski definition) is 1. The van der Waals surface area contributed by atoms with Crippen LogP contribution in [0.25, 0.3) is 0 Å². The molecular formula is C14H30N2. The minimum absolute atomic E-state index is 0.977. The van der Waals surface area contributed by atoms with Crippen LogP contribution in [0.3, 0.4) is 0 Å². The predicted octanol–water partition coefficient (Wildman–Crippen LogP) is 2.89. The molecule has 0 saturated heterocycles. The van der Waals surface area contributed by atoms with E-state index in [-0.39, 0.29) is 0 Å². The molecule has 0 radical (unpaired) electrons. The third-order valence-electron chi connectivity index (χ3n) is 3.72. The largest absolute Gasteiger partial charge is 0.315 e. The van der Waals surface area contributed by atoms with E-state index in [1.165, 1.54) is 71.1 Å². The standard InChI is InChI=1S/C14H30N2/c1-3-4-7-11-16(2)12-10-15-13-14-8-5-6-9-14/h14-15H,3-13H2,1-2H3. The number of hydrogen-bond acceptors (Lipinski definition) is 2. The van der Waals surface area contributed by atoms with Crippen molar-refractivity contribution in [1.29, 1.82) is 0 Å². The van der Waals surface area contributed by atoms with Crippen molar-refractivity contribution in [3.05, 3.63) is 0 Å². The van der Waals surface area contributed by atoms with E-state index in [2.05, 4.69) is 24.2 Å². The fourth-order valence-corrected chi connectivity index (χ4v) is 2.53. The molecule has 0 bridgehead atoms. The predicted molar refractivity (Wildman–Crippen MR) is 71.8 cm³/mol. The molecule has 96 valence electrons. The summed E-state index contributed by atoms with van der Waals surface area (Å²) < 4.78 is 0. The van der Waals surface area contributed by atoms with E-state index < -0.39 is 0 Å². The second-order valence-electron chi connectivity index (χ2n) is 5.36. The maximum atomic E-state index is 3.61. The van der Waals surface area contributed by atoms with Gasteiger partial charge >= 0.3 is 0 Å². The van der Waals surface area contributed by atoms with Crippen LogP contribution in [0.15, 0.2) is 0 Å². The number of unbranched alkanes of at least 4 members (excludes halogenated alkanes) is 2. The Morgan fingerprint density at radius 2 is 1.88 bits per heavy atom. The maximum Gasteiger partial charge on any atom is 0.0104 e. The lowest BCUT2D eigenvalue weighted by Crippen LogP contribution is -2.32. The Balaban J connectivity index is 1.85. The van der Waals surface area contributed by atoms with Gasteiger partial charge in [0.25, 0.3) is 0 Å². The summed E-state index contributed by atoms with van der Waals surface area (Å²) in [4.78, 5) is 2.46. The molecule has 0 unspecified atom stereocenters. The molecular weight excluding hydrogens is 196 g/mol. The Hall–Kier alpha value is -0.0800. The van der Waals surface area contributed by atoms with E-state index >= 15 is 0 Å². The molecule has 1 aliphatic carbocycles. The summed E-state index contributed by atoms with van der Waals surface area (Å²) in [6, 6.07) is 0. The quantitative estimate of drug-likeness (QED) is 0.608. The van der Waals surface area contributed by atoms with Gasteiger partial charge in [0.1, 0.15) is 0 Å². The Morgan fingerprint density at radius 3 is 2.56 bits per heavy atom. The van der Waals surface area contributed by atoms with Crippen molar-refractivity contribution in [2.45, 2.75) is 51.9 Å². The summed E-state index contributed by atoms with van der Waals surface area (Å²) in [5, 5.41) is 3.61.